The molecule has 0 aromatic rings. The molecule has 1 atom stereocenters. The predicted octanol–water partition coefficient (Wildman–Crippen LogP) is -1.01. The first-order valence-corrected chi connectivity index (χ1v) is 14.9. The summed E-state index contributed by atoms with van der Waals surface area (Å²) in [5, 5.41) is 12.5. The molecule has 0 aliphatic carbocycles. The summed E-state index contributed by atoms with van der Waals surface area (Å²) in [7, 11) is 0. The van der Waals surface area contributed by atoms with Crippen LogP contribution in [0, 0.1) is 0 Å². The fourth-order valence-electron chi connectivity index (χ4n) is 4.08. The van der Waals surface area contributed by atoms with Crippen molar-refractivity contribution in [1.29, 1.82) is 0 Å². The van der Waals surface area contributed by atoms with E-state index in [2.05, 4.69) is 26.6 Å². The van der Waals surface area contributed by atoms with Crippen molar-refractivity contribution < 1.29 is 38.4 Å². The molecular formula is C30H45N7O8. The molecule has 15 nitrogen and oxygen atoms in total. The molecule has 8 amide bonds. The number of carbonyl (C=O) groups is 8. The lowest BCUT2D eigenvalue weighted by Crippen LogP contribution is -2.51. The molecule has 1 aliphatic rings. The standard InChI is InChI=1S/C30H45N7O8/c1-3-10-21(4-2)17-22(30(45)35-19-25(40)32-15-8-7-11-23(31)38)36-27(42)20-34-26(41)18-33-24(39)12-6-5-9-16-37-28(43)13-14-29(37)44/h3-4,10,13-14,22H,5-9,11-12,15-20H2,1-2H3,(H2,31,38)(H,32,40)(H,33,39)(H,34,41)(H,35,45)(H,36,42)/b10-3-,21-4+/t22-/m0/s1. The van der Waals surface area contributed by atoms with Gasteiger partial charge in [-0.1, -0.05) is 30.2 Å². The van der Waals surface area contributed by atoms with Crippen molar-refractivity contribution >= 4 is 47.3 Å². The minimum atomic E-state index is -1.03. The van der Waals surface area contributed by atoms with Gasteiger partial charge in [0.15, 0.2) is 0 Å². The second kappa shape index (κ2) is 21.8. The Bertz CT molecular complexity index is 1160. The normalized spacial score (nSPS) is 13.5. The van der Waals surface area contributed by atoms with Crippen LogP contribution in [-0.2, 0) is 38.4 Å². The number of amides is 8. The Kier molecular flexibility index (Phi) is 18.5. The molecule has 15 heteroatoms. The van der Waals surface area contributed by atoms with Gasteiger partial charge in [-0.2, -0.15) is 0 Å². The summed E-state index contributed by atoms with van der Waals surface area (Å²) in [4.78, 5) is 96.6. The van der Waals surface area contributed by atoms with Gasteiger partial charge < -0.3 is 32.3 Å². The van der Waals surface area contributed by atoms with Gasteiger partial charge >= 0.3 is 0 Å². The molecule has 0 spiro atoms. The van der Waals surface area contributed by atoms with Crippen LogP contribution in [0.2, 0.25) is 0 Å². The topological polar surface area (TPSA) is 226 Å². The van der Waals surface area contributed by atoms with E-state index in [9.17, 15) is 38.4 Å². The van der Waals surface area contributed by atoms with E-state index in [0.717, 1.165) is 10.5 Å². The number of primary amides is 1. The minimum Gasteiger partial charge on any atom is -0.370 e. The zero-order chi connectivity index (χ0) is 33.6. The zero-order valence-electron chi connectivity index (χ0n) is 25.9. The molecule has 7 N–H and O–H groups in total. The summed E-state index contributed by atoms with van der Waals surface area (Å²) in [6.07, 6.45) is 11.0. The van der Waals surface area contributed by atoms with Crippen LogP contribution in [-0.4, -0.2) is 90.9 Å². The number of hydrogen-bond acceptors (Lipinski definition) is 8. The van der Waals surface area contributed by atoms with Gasteiger partial charge in [-0.05, 0) is 39.5 Å². The number of carbonyl (C=O) groups excluding carboxylic acids is 8. The third kappa shape index (κ3) is 17.2. The molecule has 248 valence electrons. The number of nitrogens with two attached hydrogens (primary N) is 1. The van der Waals surface area contributed by atoms with Crippen LogP contribution in [0.15, 0.2) is 36.0 Å². The Morgan fingerprint density at radius 2 is 1.36 bits per heavy atom. The quantitative estimate of drug-likeness (QED) is 0.0492. The Hall–Kier alpha value is -4.82. The van der Waals surface area contributed by atoms with Crippen LogP contribution in [0.3, 0.4) is 0 Å². The maximum Gasteiger partial charge on any atom is 0.253 e. The van der Waals surface area contributed by atoms with Crippen LogP contribution in [0.5, 0.6) is 0 Å². The summed E-state index contributed by atoms with van der Waals surface area (Å²) in [5.74, 6) is -3.75. The van der Waals surface area contributed by atoms with Gasteiger partial charge in [0, 0.05) is 44.5 Å². The summed E-state index contributed by atoms with van der Waals surface area (Å²) < 4.78 is 0. The second-order valence-electron chi connectivity index (χ2n) is 10.2. The Balaban J connectivity index is 2.41. The van der Waals surface area contributed by atoms with Crippen molar-refractivity contribution in [2.75, 3.05) is 32.7 Å². The molecule has 1 heterocycles. The first-order valence-electron chi connectivity index (χ1n) is 14.9. The van der Waals surface area contributed by atoms with Crippen LogP contribution in [0.25, 0.3) is 0 Å². The van der Waals surface area contributed by atoms with E-state index in [-0.39, 0.29) is 56.6 Å². The van der Waals surface area contributed by atoms with Crippen LogP contribution >= 0.6 is 0 Å². The Morgan fingerprint density at radius 3 is 2.00 bits per heavy atom. The largest absolute Gasteiger partial charge is 0.370 e. The summed E-state index contributed by atoms with van der Waals surface area (Å²) in [6.45, 7) is 3.07. The van der Waals surface area contributed by atoms with Gasteiger partial charge in [0.25, 0.3) is 11.8 Å². The van der Waals surface area contributed by atoms with E-state index in [0.29, 0.717) is 38.6 Å². The van der Waals surface area contributed by atoms with Crippen molar-refractivity contribution in [3.63, 3.8) is 0 Å². The molecule has 0 saturated carbocycles. The van der Waals surface area contributed by atoms with Crippen molar-refractivity contribution in [1.82, 2.24) is 31.5 Å². The number of nitrogens with zero attached hydrogens (tertiary/aromatic N) is 1. The fraction of sp³-hybridized carbons (Fsp3) is 0.533. The molecule has 1 rings (SSSR count). The molecule has 0 fully saturated rings. The molecule has 0 radical (unpaired) electrons. The van der Waals surface area contributed by atoms with Gasteiger partial charge in [-0.15, -0.1) is 0 Å². The van der Waals surface area contributed by atoms with E-state index in [1.165, 1.54) is 12.2 Å². The number of rotatable bonds is 22. The predicted molar refractivity (Wildman–Crippen MR) is 165 cm³/mol. The highest BCUT2D eigenvalue weighted by Gasteiger charge is 2.23. The number of unbranched alkanes of at least 4 members (excludes halogenated alkanes) is 3. The SMILES string of the molecule is C/C=C\C(=C/C)C[C@H](NC(=O)CNC(=O)CNC(=O)CCCCCN1C(=O)C=CC1=O)C(=O)NCC(=O)NCCCCC(N)=O. The van der Waals surface area contributed by atoms with Crippen molar-refractivity contribution in [3.8, 4) is 0 Å². The number of nitrogens with one attached hydrogen (secondary N) is 5. The van der Waals surface area contributed by atoms with Gasteiger partial charge in [0.05, 0.1) is 19.6 Å². The smallest absolute Gasteiger partial charge is 0.253 e. The molecular weight excluding hydrogens is 586 g/mol. The average Bonchev–Trinajstić information content (AvgIpc) is 3.32. The van der Waals surface area contributed by atoms with Crippen molar-refractivity contribution in [3.05, 3.63) is 36.0 Å². The molecule has 0 aromatic heterocycles. The Labute approximate surface area is 262 Å². The highest BCUT2D eigenvalue weighted by molar-refractivity contribution is 6.12. The van der Waals surface area contributed by atoms with Crippen LogP contribution in [0.1, 0.15) is 65.2 Å². The van der Waals surface area contributed by atoms with Crippen LogP contribution in [0.4, 0.5) is 0 Å². The maximum absolute atomic E-state index is 12.9. The maximum atomic E-state index is 12.9. The lowest BCUT2D eigenvalue weighted by Gasteiger charge is -2.19. The third-order valence-electron chi connectivity index (χ3n) is 6.52. The van der Waals surface area contributed by atoms with E-state index >= 15 is 0 Å². The number of imide groups is 1. The molecule has 45 heavy (non-hydrogen) atoms. The molecule has 1 aliphatic heterocycles. The van der Waals surface area contributed by atoms with Gasteiger partial charge in [0.2, 0.25) is 35.4 Å². The molecule has 0 bridgehead atoms. The van der Waals surface area contributed by atoms with Crippen molar-refractivity contribution in [2.24, 2.45) is 5.73 Å². The lowest BCUT2D eigenvalue weighted by molar-refractivity contribution is -0.137. The summed E-state index contributed by atoms with van der Waals surface area (Å²) in [5.41, 5.74) is 5.84. The van der Waals surface area contributed by atoms with E-state index in [1.54, 1.807) is 32.1 Å². The summed E-state index contributed by atoms with van der Waals surface area (Å²) >= 11 is 0. The van der Waals surface area contributed by atoms with Crippen LogP contribution < -0.4 is 32.3 Å². The first-order chi connectivity index (χ1) is 21.5. The number of allylic oxidation sites excluding steroid dienone is 3. The molecule has 0 aromatic carbocycles. The van der Waals surface area contributed by atoms with Gasteiger partial charge in [-0.25, -0.2) is 0 Å². The first kappa shape index (κ1) is 38.2. The van der Waals surface area contributed by atoms with Gasteiger partial charge in [-0.3, -0.25) is 43.3 Å². The minimum absolute atomic E-state index is 0.138. The van der Waals surface area contributed by atoms with Crippen molar-refractivity contribution in [2.45, 2.75) is 71.3 Å². The number of hydrogen-bond donors (Lipinski definition) is 6. The molecule has 0 unspecified atom stereocenters. The average molecular weight is 632 g/mol. The second-order valence-corrected chi connectivity index (χ2v) is 10.2. The van der Waals surface area contributed by atoms with E-state index < -0.39 is 42.1 Å². The molecule has 0 saturated heterocycles. The lowest BCUT2D eigenvalue weighted by atomic mass is 10.0. The fourth-order valence-corrected chi connectivity index (χ4v) is 4.08. The van der Waals surface area contributed by atoms with E-state index in [1.807, 2.05) is 0 Å². The Morgan fingerprint density at radius 1 is 0.756 bits per heavy atom. The monoisotopic (exact) mass is 631 g/mol. The highest BCUT2D eigenvalue weighted by Crippen LogP contribution is 2.09. The zero-order valence-corrected chi connectivity index (χ0v) is 25.9. The van der Waals surface area contributed by atoms with Gasteiger partial charge in [0.1, 0.15) is 6.04 Å². The third-order valence-corrected chi connectivity index (χ3v) is 6.52. The summed E-state index contributed by atoms with van der Waals surface area (Å²) in [6, 6.07) is -1.03. The van der Waals surface area contributed by atoms with E-state index in [4.69, 9.17) is 5.73 Å². The highest BCUT2D eigenvalue weighted by atomic mass is 16.2.